The van der Waals surface area contributed by atoms with E-state index in [0.717, 1.165) is 17.7 Å². The van der Waals surface area contributed by atoms with Gasteiger partial charge in [-0.15, -0.1) is 0 Å². The maximum atomic E-state index is 12.4. The molecule has 1 aromatic carbocycles. The third-order valence-electron chi connectivity index (χ3n) is 5.01. The maximum absolute atomic E-state index is 12.4. The third-order valence-corrected chi connectivity index (χ3v) is 5.26. The highest BCUT2D eigenvalue weighted by atomic mass is 35.5. The highest BCUT2D eigenvalue weighted by Crippen LogP contribution is 2.37. The number of rotatable bonds is 5. The number of benzene rings is 1. The largest absolute Gasteiger partial charge is 0.451 e. The van der Waals surface area contributed by atoms with Crippen molar-refractivity contribution in [3.05, 3.63) is 29.3 Å². The number of amides is 3. The van der Waals surface area contributed by atoms with Gasteiger partial charge < -0.3 is 10.1 Å². The normalized spacial score (nSPS) is 23.0. The zero-order valence-electron chi connectivity index (χ0n) is 14.9. The first-order valence-corrected chi connectivity index (χ1v) is 9.35. The van der Waals surface area contributed by atoms with Gasteiger partial charge in [-0.2, -0.15) is 0 Å². The fraction of sp³-hybridized carbons (Fsp3) is 0.474. The Morgan fingerprint density at radius 3 is 2.26 bits per heavy atom. The summed E-state index contributed by atoms with van der Waals surface area (Å²) in [5.41, 5.74) is 0.515. The minimum Gasteiger partial charge on any atom is -0.451 e. The second-order valence-corrected chi connectivity index (χ2v) is 7.32. The Morgan fingerprint density at radius 1 is 1.15 bits per heavy atom. The van der Waals surface area contributed by atoms with Crippen molar-refractivity contribution in [1.82, 2.24) is 4.90 Å². The summed E-state index contributed by atoms with van der Waals surface area (Å²) in [6.45, 7) is 0.972. The van der Waals surface area contributed by atoms with Gasteiger partial charge in [0.05, 0.1) is 11.8 Å². The molecule has 144 valence electrons. The molecule has 3 atom stereocenters. The molecule has 1 aliphatic heterocycles. The fourth-order valence-corrected chi connectivity index (χ4v) is 3.71. The molecule has 3 amide bonds. The molecule has 3 unspecified atom stereocenters. The molecule has 0 bridgehead atoms. The molecule has 1 N–H and O–H groups in total. The van der Waals surface area contributed by atoms with Crippen LogP contribution in [0.2, 0.25) is 5.02 Å². The standard InChI is InChI=1S/C19H21ClN2O5/c1-11(17(24)21-13-8-6-12(20)7-9-13)27-16(23)10-22-18(25)14-4-2-3-5-15(14)19(22)26/h6-9,11,14-15H,2-5,10H2,1H3,(H,21,24). The van der Waals surface area contributed by atoms with E-state index in [1.54, 1.807) is 24.3 Å². The fourth-order valence-electron chi connectivity index (χ4n) is 3.58. The van der Waals surface area contributed by atoms with Gasteiger partial charge in [-0.25, -0.2) is 0 Å². The van der Waals surface area contributed by atoms with Gasteiger partial charge in [0.15, 0.2) is 6.10 Å². The lowest BCUT2D eigenvalue weighted by Gasteiger charge is -2.19. The van der Waals surface area contributed by atoms with Crippen LogP contribution in [0.15, 0.2) is 24.3 Å². The molecule has 0 spiro atoms. The van der Waals surface area contributed by atoms with Crippen molar-refractivity contribution in [2.24, 2.45) is 11.8 Å². The van der Waals surface area contributed by atoms with E-state index in [0.29, 0.717) is 23.6 Å². The number of esters is 1. The lowest BCUT2D eigenvalue weighted by Crippen LogP contribution is -2.39. The van der Waals surface area contributed by atoms with Crippen LogP contribution < -0.4 is 5.32 Å². The molecular weight excluding hydrogens is 372 g/mol. The van der Waals surface area contributed by atoms with E-state index in [-0.39, 0.29) is 23.7 Å². The molecule has 0 radical (unpaired) electrons. The van der Waals surface area contributed by atoms with E-state index in [1.807, 2.05) is 0 Å². The number of nitrogens with one attached hydrogen (secondary N) is 1. The summed E-state index contributed by atoms with van der Waals surface area (Å²) < 4.78 is 5.10. The number of fused-ring (bicyclic) bond motifs is 1. The van der Waals surface area contributed by atoms with Crippen molar-refractivity contribution in [3.63, 3.8) is 0 Å². The summed E-state index contributed by atoms with van der Waals surface area (Å²) in [5, 5.41) is 3.14. The van der Waals surface area contributed by atoms with Gasteiger partial charge in [0.25, 0.3) is 5.91 Å². The Morgan fingerprint density at radius 2 is 1.70 bits per heavy atom. The van der Waals surface area contributed by atoms with Gasteiger partial charge in [-0.1, -0.05) is 24.4 Å². The van der Waals surface area contributed by atoms with Gasteiger partial charge in [-0.3, -0.25) is 24.1 Å². The average molecular weight is 393 g/mol. The SMILES string of the molecule is CC(OC(=O)CN1C(=O)C2CCCCC2C1=O)C(=O)Nc1ccc(Cl)cc1. The molecule has 2 aliphatic rings. The maximum Gasteiger partial charge on any atom is 0.326 e. The van der Waals surface area contributed by atoms with Crippen LogP contribution in [-0.4, -0.2) is 41.2 Å². The number of carbonyl (C=O) groups excluding carboxylic acids is 4. The van der Waals surface area contributed by atoms with E-state index >= 15 is 0 Å². The highest BCUT2D eigenvalue weighted by molar-refractivity contribution is 6.30. The second-order valence-electron chi connectivity index (χ2n) is 6.89. The number of halogens is 1. The molecule has 7 nitrogen and oxygen atoms in total. The summed E-state index contributed by atoms with van der Waals surface area (Å²) in [6, 6.07) is 6.49. The molecule has 8 heteroatoms. The lowest BCUT2D eigenvalue weighted by molar-refractivity contribution is -0.158. The van der Waals surface area contributed by atoms with Crippen LogP contribution in [-0.2, 0) is 23.9 Å². The predicted octanol–water partition coefficient (Wildman–Crippen LogP) is 2.39. The molecule has 0 aromatic heterocycles. The number of imide groups is 1. The Labute approximate surface area is 162 Å². The number of nitrogens with zero attached hydrogens (tertiary/aromatic N) is 1. The van der Waals surface area contributed by atoms with Crippen LogP contribution in [0.4, 0.5) is 5.69 Å². The molecule has 1 saturated carbocycles. The zero-order valence-corrected chi connectivity index (χ0v) is 15.7. The van der Waals surface area contributed by atoms with Crippen LogP contribution in [0.3, 0.4) is 0 Å². The van der Waals surface area contributed by atoms with E-state index in [9.17, 15) is 19.2 Å². The van der Waals surface area contributed by atoms with Crippen LogP contribution >= 0.6 is 11.6 Å². The second kappa shape index (κ2) is 8.08. The first-order valence-electron chi connectivity index (χ1n) is 8.98. The molecule has 1 heterocycles. The van der Waals surface area contributed by atoms with Crippen molar-refractivity contribution in [1.29, 1.82) is 0 Å². The lowest BCUT2D eigenvalue weighted by atomic mass is 9.81. The van der Waals surface area contributed by atoms with Crippen molar-refractivity contribution in [3.8, 4) is 0 Å². The summed E-state index contributed by atoms with van der Waals surface area (Å²) in [4.78, 5) is 50.0. The smallest absolute Gasteiger partial charge is 0.326 e. The minimum atomic E-state index is -1.07. The first-order chi connectivity index (χ1) is 12.9. The Kier molecular flexibility index (Phi) is 5.79. The summed E-state index contributed by atoms with van der Waals surface area (Å²) in [6.07, 6.45) is 2.13. The third kappa shape index (κ3) is 4.30. The Hall–Kier alpha value is -2.41. The molecule has 2 fully saturated rings. The van der Waals surface area contributed by atoms with Crippen molar-refractivity contribution in [2.75, 3.05) is 11.9 Å². The quantitative estimate of drug-likeness (QED) is 0.613. The first kappa shape index (κ1) is 19.4. The van der Waals surface area contributed by atoms with E-state index < -0.39 is 24.5 Å². The summed E-state index contributed by atoms with van der Waals surface area (Å²) in [5.74, 6) is -2.54. The molecule has 1 saturated heterocycles. The minimum absolute atomic E-state index is 0.306. The summed E-state index contributed by atoms with van der Waals surface area (Å²) in [7, 11) is 0. The van der Waals surface area contributed by atoms with Crippen molar-refractivity contribution < 1.29 is 23.9 Å². The number of ether oxygens (including phenoxy) is 1. The average Bonchev–Trinajstić information content (AvgIpc) is 2.89. The Balaban J connectivity index is 1.53. The van der Waals surface area contributed by atoms with Crippen LogP contribution in [0.5, 0.6) is 0 Å². The number of hydrogen-bond donors (Lipinski definition) is 1. The molecule has 27 heavy (non-hydrogen) atoms. The van der Waals surface area contributed by atoms with Gasteiger partial charge >= 0.3 is 5.97 Å². The van der Waals surface area contributed by atoms with Crippen LogP contribution in [0.25, 0.3) is 0 Å². The predicted molar refractivity (Wildman–Crippen MR) is 97.8 cm³/mol. The van der Waals surface area contributed by atoms with E-state index in [4.69, 9.17) is 16.3 Å². The van der Waals surface area contributed by atoms with Crippen LogP contribution in [0, 0.1) is 11.8 Å². The van der Waals surface area contributed by atoms with Gasteiger partial charge in [0.1, 0.15) is 6.54 Å². The van der Waals surface area contributed by atoms with E-state index in [2.05, 4.69) is 5.32 Å². The number of likely N-dealkylation sites (tertiary alicyclic amines) is 1. The monoisotopic (exact) mass is 392 g/mol. The molecule has 3 rings (SSSR count). The van der Waals surface area contributed by atoms with Crippen LogP contribution in [0.1, 0.15) is 32.6 Å². The Bertz CT molecular complexity index is 740. The number of carbonyl (C=O) groups is 4. The van der Waals surface area contributed by atoms with Gasteiger partial charge in [0, 0.05) is 10.7 Å². The molecule has 1 aromatic rings. The van der Waals surface area contributed by atoms with Gasteiger partial charge in [0.2, 0.25) is 11.8 Å². The van der Waals surface area contributed by atoms with Gasteiger partial charge in [-0.05, 0) is 44.0 Å². The number of anilines is 1. The molecular formula is C19H21ClN2O5. The van der Waals surface area contributed by atoms with Crippen molar-refractivity contribution >= 4 is 41.0 Å². The molecule has 1 aliphatic carbocycles. The topological polar surface area (TPSA) is 92.8 Å². The zero-order chi connectivity index (χ0) is 19.6. The van der Waals surface area contributed by atoms with Crippen molar-refractivity contribution in [2.45, 2.75) is 38.7 Å². The van der Waals surface area contributed by atoms with E-state index in [1.165, 1.54) is 6.92 Å². The summed E-state index contributed by atoms with van der Waals surface area (Å²) >= 11 is 5.79. The highest BCUT2D eigenvalue weighted by Gasteiger charge is 2.48. The number of hydrogen-bond acceptors (Lipinski definition) is 5.